The largest absolute Gasteiger partial charge is 0.308 e. The summed E-state index contributed by atoms with van der Waals surface area (Å²) in [6.07, 6.45) is 2.91. The molecule has 1 aromatic rings. The summed E-state index contributed by atoms with van der Waals surface area (Å²) < 4.78 is 24.5. The van der Waals surface area contributed by atoms with Gasteiger partial charge in [0.05, 0.1) is 5.75 Å². The van der Waals surface area contributed by atoms with E-state index in [9.17, 15) is 13.2 Å². The Morgan fingerprint density at radius 2 is 1.86 bits per heavy atom. The molecule has 21 heavy (non-hydrogen) atoms. The van der Waals surface area contributed by atoms with E-state index in [0.29, 0.717) is 18.8 Å². The van der Waals surface area contributed by atoms with Crippen molar-refractivity contribution in [3.05, 3.63) is 30.3 Å². The highest BCUT2D eigenvalue weighted by Crippen LogP contribution is 2.39. The third-order valence-corrected chi connectivity index (χ3v) is 6.69. The first kappa shape index (κ1) is 14.6. The van der Waals surface area contributed by atoms with Gasteiger partial charge in [-0.25, -0.2) is 8.42 Å². The van der Waals surface area contributed by atoms with Gasteiger partial charge in [-0.1, -0.05) is 31.5 Å². The number of sulfone groups is 1. The van der Waals surface area contributed by atoms with Crippen LogP contribution in [0.5, 0.6) is 0 Å². The average Bonchev–Trinajstić information content (AvgIpc) is 3.16. The van der Waals surface area contributed by atoms with E-state index in [1.807, 2.05) is 30.3 Å². The molecule has 0 bridgehead atoms. The van der Waals surface area contributed by atoms with Crippen LogP contribution in [0.1, 0.15) is 32.6 Å². The maximum absolute atomic E-state index is 12.9. The number of benzene rings is 1. The molecule has 0 radical (unpaired) electrons. The molecule has 2 fully saturated rings. The van der Waals surface area contributed by atoms with Crippen molar-refractivity contribution in [2.24, 2.45) is 5.92 Å². The topological polar surface area (TPSA) is 54.5 Å². The predicted molar refractivity (Wildman–Crippen MR) is 82.9 cm³/mol. The van der Waals surface area contributed by atoms with Gasteiger partial charge in [0, 0.05) is 11.7 Å². The van der Waals surface area contributed by atoms with Gasteiger partial charge in [0.2, 0.25) is 5.91 Å². The van der Waals surface area contributed by atoms with E-state index >= 15 is 0 Å². The second-order valence-corrected chi connectivity index (χ2v) is 8.48. The van der Waals surface area contributed by atoms with Gasteiger partial charge in [-0.3, -0.25) is 4.79 Å². The highest BCUT2D eigenvalue weighted by molar-refractivity contribution is 7.92. The first-order chi connectivity index (χ1) is 10.0. The van der Waals surface area contributed by atoms with Gasteiger partial charge in [-0.05, 0) is 37.3 Å². The Morgan fingerprint density at radius 3 is 2.43 bits per heavy atom. The smallest absolute Gasteiger partial charge is 0.245 e. The number of para-hydroxylation sites is 1. The fraction of sp³-hybridized carbons (Fsp3) is 0.562. The van der Waals surface area contributed by atoms with Crippen LogP contribution in [0.2, 0.25) is 0 Å². The van der Waals surface area contributed by atoms with Crippen LogP contribution in [-0.2, 0) is 14.6 Å². The highest BCUT2D eigenvalue weighted by atomic mass is 32.2. The van der Waals surface area contributed by atoms with Crippen LogP contribution >= 0.6 is 0 Å². The molecular weight excluding hydrogens is 286 g/mol. The molecule has 3 unspecified atom stereocenters. The molecule has 2 aliphatic rings. The van der Waals surface area contributed by atoms with Gasteiger partial charge in [0.15, 0.2) is 9.84 Å². The molecule has 1 amide bonds. The zero-order valence-corrected chi connectivity index (χ0v) is 13.1. The number of carbonyl (C=O) groups excluding carboxylic acids is 1. The summed E-state index contributed by atoms with van der Waals surface area (Å²) in [5.74, 6) is 0.363. The maximum Gasteiger partial charge on any atom is 0.245 e. The van der Waals surface area contributed by atoms with Crippen molar-refractivity contribution in [3.63, 3.8) is 0 Å². The van der Waals surface area contributed by atoms with E-state index in [-0.39, 0.29) is 17.7 Å². The van der Waals surface area contributed by atoms with Crippen LogP contribution in [0.25, 0.3) is 0 Å². The summed E-state index contributed by atoms with van der Waals surface area (Å²) >= 11 is 0. The minimum atomic E-state index is -3.29. The first-order valence-electron chi connectivity index (χ1n) is 7.60. The van der Waals surface area contributed by atoms with E-state index in [2.05, 4.69) is 6.92 Å². The maximum atomic E-state index is 12.9. The van der Waals surface area contributed by atoms with Crippen molar-refractivity contribution in [2.75, 3.05) is 10.7 Å². The van der Waals surface area contributed by atoms with Crippen LogP contribution in [-0.4, -0.2) is 31.4 Å². The average molecular weight is 307 g/mol. The molecule has 1 saturated heterocycles. The van der Waals surface area contributed by atoms with Crippen LogP contribution in [0, 0.1) is 5.92 Å². The van der Waals surface area contributed by atoms with Crippen LogP contribution in [0.4, 0.5) is 5.69 Å². The zero-order chi connectivity index (χ0) is 15.0. The molecule has 3 atom stereocenters. The van der Waals surface area contributed by atoms with E-state index in [1.54, 1.807) is 4.90 Å². The molecular formula is C16H21NO3S. The molecule has 0 aromatic heterocycles. The lowest BCUT2D eigenvalue weighted by molar-refractivity contribution is -0.118. The standard InChI is InChI=1S/C16H21NO3S/c1-12-11-14(12)17(13-7-3-2-4-8-13)16(18)15-9-5-6-10-21(15,19)20/h2-4,7-8,12,14-15H,5-6,9-11H2,1H3. The second kappa shape index (κ2) is 5.44. The number of hydrogen-bond donors (Lipinski definition) is 0. The molecule has 3 rings (SSSR count). The summed E-state index contributed by atoms with van der Waals surface area (Å²) in [4.78, 5) is 14.6. The van der Waals surface area contributed by atoms with E-state index < -0.39 is 15.1 Å². The van der Waals surface area contributed by atoms with Crippen molar-refractivity contribution in [1.29, 1.82) is 0 Å². The van der Waals surface area contributed by atoms with Gasteiger partial charge < -0.3 is 4.90 Å². The Morgan fingerprint density at radius 1 is 1.19 bits per heavy atom. The minimum Gasteiger partial charge on any atom is -0.308 e. The van der Waals surface area contributed by atoms with Crippen molar-refractivity contribution < 1.29 is 13.2 Å². The Hall–Kier alpha value is -1.36. The van der Waals surface area contributed by atoms with E-state index in [0.717, 1.165) is 18.5 Å². The molecule has 1 aliphatic heterocycles. The van der Waals surface area contributed by atoms with E-state index in [1.165, 1.54) is 0 Å². The lowest BCUT2D eigenvalue weighted by atomic mass is 10.1. The van der Waals surface area contributed by atoms with Gasteiger partial charge in [0.25, 0.3) is 0 Å². The molecule has 5 heteroatoms. The van der Waals surface area contributed by atoms with Gasteiger partial charge >= 0.3 is 0 Å². The molecule has 114 valence electrons. The molecule has 1 aliphatic carbocycles. The fourth-order valence-electron chi connectivity index (χ4n) is 3.12. The summed E-state index contributed by atoms with van der Waals surface area (Å²) in [5.41, 5.74) is 0.817. The van der Waals surface area contributed by atoms with Crippen molar-refractivity contribution in [1.82, 2.24) is 0 Å². The Kier molecular flexibility index (Phi) is 3.78. The zero-order valence-electron chi connectivity index (χ0n) is 12.2. The van der Waals surface area contributed by atoms with Gasteiger partial charge in [-0.2, -0.15) is 0 Å². The highest BCUT2D eigenvalue weighted by Gasteiger charge is 2.46. The normalized spacial score (nSPS) is 30.6. The summed E-state index contributed by atoms with van der Waals surface area (Å²) in [7, 11) is -3.29. The number of anilines is 1. The number of nitrogens with zero attached hydrogens (tertiary/aromatic N) is 1. The third-order valence-electron chi connectivity index (χ3n) is 4.52. The third kappa shape index (κ3) is 2.84. The van der Waals surface area contributed by atoms with Crippen LogP contribution < -0.4 is 4.90 Å². The predicted octanol–water partition coefficient (Wildman–Crippen LogP) is 2.40. The number of rotatable bonds is 3. The number of hydrogen-bond acceptors (Lipinski definition) is 3. The Balaban J connectivity index is 1.92. The minimum absolute atomic E-state index is 0.145. The Labute approximate surface area is 126 Å². The second-order valence-electron chi connectivity index (χ2n) is 6.18. The van der Waals surface area contributed by atoms with Crippen LogP contribution in [0.15, 0.2) is 30.3 Å². The molecule has 1 saturated carbocycles. The first-order valence-corrected chi connectivity index (χ1v) is 9.32. The van der Waals surface area contributed by atoms with Crippen molar-refractivity contribution in [2.45, 2.75) is 43.9 Å². The van der Waals surface area contributed by atoms with Gasteiger partial charge in [0.1, 0.15) is 5.25 Å². The molecule has 1 aromatic carbocycles. The molecule has 1 heterocycles. The van der Waals surface area contributed by atoms with Gasteiger partial charge in [-0.15, -0.1) is 0 Å². The summed E-state index contributed by atoms with van der Waals surface area (Å²) in [6.45, 7) is 2.10. The lowest BCUT2D eigenvalue weighted by Gasteiger charge is -2.29. The summed E-state index contributed by atoms with van der Waals surface area (Å²) in [5, 5.41) is -0.848. The summed E-state index contributed by atoms with van der Waals surface area (Å²) in [6, 6.07) is 9.60. The Bertz CT molecular complexity index is 626. The number of carbonyl (C=O) groups is 1. The molecule has 0 N–H and O–H groups in total. The lowest BCUT2D eigenvalue weighted by Crippen LogP contribution is -2.47. The number of amides is 1. The fourth-order valence-corrected chi connectivity index (χ4v) is 4.96. The molecule has 0 spiro atoms. The SMILES string of the molecule is CC1CC1N(C(=O)C1CCCCS1(=O)=O)c1ccccc1. The quantitative estimate of drug-likeness (QED) is 0.861. The van der Waals surface area contributed by atoms with Crippen molar-refractivity contribution in [3.8, 4) is 0 Å². The monoisotopic (exact) mass is 307 g/mol. The van der Waals surface area contributed by atoms with Crippen molar-refractivity contribution >= 4 is 21.4 Å². The molecule has 4 nitrogen and oxygen atoms in total. The van der Waals surface area contributed by atoms with Crippen LogP contribution in [0.3, 0.4) is 0 Å². The van der Waals surface area contributed by atoms with E-state index in [4.69, 9.17) is 0 Å².